The number of aryl methyl sites for hydroxylation is 6. The van der Waals surface area contributed by atoms with Gasteiger partial charge in [-0.1, -0.05) is 142 Å². The lowest BCUT2D eigenvalue weighted by Crippen LogP contribution is -2.30. The molecule has 76 heavy (non-hydrogen) atoms. The predicted octanol–water partition coefficient (Wildman–Crippen LogP) is 15.1. The average Bonchev–Trinajstić information content (AvgIpc) is 3.63. The number of nitrogens with zero attached hydrogens (tertiary/aromatic N) is 1. The molecular formula is C68H96N2O6. The Morgan fingerprint density at radius 1 is 0.500 bits per heavy atom. The number of carbonyl (C=O) groups excluding carboxylic acids is 2. The number of nitrogens with two attached hydrogens (primary N) is 1. The molecule has 2 unspecified atom stereocenters. The second-order valence-electron chi connectivity index (χ2n) is 23.9. The van der Waals surface area contributed by atoms with Crippen LogP contribution in [0.5, 0.6) is 11.5 Å². The maximum Gasteiger partial charge on any atom is 0.261 e. The van der Waals surface area contributed by atoms with E-state index in [9.17, 15) is 19.8 Å². The van der Waals surface area contributed by atoms with Crippen LogP contribution in [0.25, 0.3) is 0 Å². The van der Waals surface area contributed by atoms with Crippen molar-refractivity contribution in [1.82, 2.24) is 4.90 Å². The molecule has 1 heterocycles. The minimum Gasteiger partial charge on any atom is -0.493 e. The summed E-state index contributed by atoms with van der Waals surface area (Å²) in [7, 11) is 0. The van der Waals surface area contributed by atoms with Gasteiger partial charge in [-0.2, -0.15) is 0 Å². The third kappa shape index (κ3) is 14.8. The van der Waals surface area contributed by atoms with E-state index in [0.29, 0.717) is 43.9 Å². The fourth-order valence-corrected chi connectivity index (χ4v) is 11.1. The molecule has 0 bridgehead atoms. The monoisotopic (exact) mass is 1040 g/mol. The Bertz CT molecular complexity index is 2650. The zero-order chi connectivity index (χ0) is 56.0. The van der Waals surface area contributed by atoms with Crippen molar-refractivity contribution in [3.63, 3.8) is 0 Å². The quantitative estimate of drug-likeness (QED) is 0.0393. The molecule has 6 rings (SSSR count). The molecule has 8 nitrogen and oxygen atoms in total. The standard InChI is InChI=1S/C38H49NO4.C30H47NO2/c1-8-38(9-2,29-18-16-28(26(3)24-29)17-21-34(40)37(5,6)7)30-19-20-33(27(4)25-30)43-23-13-12-22-39-35(41)31-14-10-11-15-32(31)36(39)42;1-8-30(9-2,26-15-16-27(23(4)21-26)33-19-11-10-18-31)25-14-12-24(22(3)20-25)13-17-28(32)29(5,6)7/h10-11,14-16,18-20,24-25,34,40H,8-9,12-13,17,21-23H2,1-7H3;12,14-16,20-21,28,32H,8-11,13,17-19,31H2,1-7H3. The number of aliphatic hydroxyl groups excluding tert-OH is 2. The van der Waals surface area contributed by atoms with Gasteiger partial charge in [-0.05, 0) is 202 Å². The van der Waals surface area contributed by atoms with E-state index in [-0.39, 0.29) is 45.7 Å². The van der Waals surface area contributed by atoms with Crippen LogP contribution in [0.3, 0.4) is 0 Å². The molecule has 0 spiro atoms. The van der Waals surface area contributed by atoms with Crippen LogP contribution in [0.15, 0.2) is 97.1 Å². The van der Waals surface area contributed by atoms with Gasteiger partial charge in [0.2, 0.25) is 0 Å². The van der Waals surface area contributed by atoms with Crippen LogP contribution in [-0.2, 0) is 23.7 Å². The van der Waals surface area contributed by atoms with Crippen molar-refractivity contribution < 1.29 is 29.3 Å². The van der Waals surface area contributed by atoms with E-state index < -0.39 is 0 Å². The molecule has 1 aliphatic heterocycles. The van der Waals surface area contributed by atoms with Crippen LogP contribution in [0, 0.1) is 38.5 Å². The molecule has 1 aliphatic rings. The molecular weight excluding hydrogens is 941 g/mol. The number of rotatable bonds is 25. The van der Waals surface area contributed by atoms with Gasteiger partial charge in [0.25, 0.3) is 11.8 Å². The normalized spacial score (nSPS) is 13.8. The lowest BCUT2D eigenvalue weighted by Gasteiger charge is -2.34. The van der Waals surface area contributed by atoms with Gasteiger partial charge in [0.05, 0.1) is 36.5 Å². The molecule has 2 atom stereocenters. The van der Waals surface area contributed by atoms with Gasteiger partial charge in [-0.3, -0.25) is 14.5 Å². The van der Waals surface area contributed by atoms with Crippen molar-refractivity contribution in [1.29, 1.82) is 0 Å². The van der Waals surface area contributed by atoms with E-state index in [1.807, 2.05) is 0 Å². The summed E-state index contributed by atoms with van der Waals surface area (Å²) in [6.07, 6.45) is 10.2. The summed E-state index contributed by atoms with van der Waals surface area (Å²) in [5.41, 5.74) is 19.2. The molecule has 0 saturated heterocycles. The van der Waals surface area contributed by atoms with E-state index in [4.69, 9.17) is 15.2 Å². The molecule has 4 N–H and O–H groups in total. The van der Waals surface area contributed by atoms with E-state index in [1.165, 1.54) is 55.0 Å². The Morgan fingerprint density at radius 2 is 0.855 bits per heavy atom. The first-order valence-corrected chi connectivity index (χ1v) is 28.7. The van der Waals surface area contributed by atoms with Crippen molar-refractivity contribution in [2.24, 2.45) is 16.6 Å². The fraction of sp³-hybridized carbons (Fsp3) is 0.529. The van der Waals surface area contributed by atoms with Crippen LogP contribution < -0.4 is 15.2 Å². The molecule has 0 fully saturated rings. The molecule has 2 amide bonds. The average molecular weight is 1040 g/mol. The molecule has 0 aromatic heterocycles. The van der Waals surface area contributed by atoms with Crippen LogP contribution in [0.2, 0.25) is 0 Å². The highest BCUT2D eigenvalue weighted by Crippen LogP contribution is 2.43. The van der Waals surface area contributed by atoms with E-state index >= 15 is 0 Å². The van der Waals surface area contributed by atoms with Crippen LogP contribution in [0.4, 0.5) is 0 Å². The summed E-state index contributed by atoms with van der Waals surface area (Å²) in [5, 5.41) is 21.0. The third-order valence-corrected chi connectivity index (χ3v) is 16.8. The van der Waals surface area contributed by atoms with Crippen molar-refractivity contribution in [2.45, 2.75) is 197 Å². The summed E-state index contributed by atoms with van der Waals surface area (Å²) in [6, 6.07) is 34.1. The Kier molecular flexibility index (Phi) is 22.2. The molecule has 0 saturated carbocycles. The summed E-state index contributed by atoms with van der Waals surface area (Å²) < 4.78 is 12.2. The summed E-state index contributed by atoms with van der Waals surface area (Å²) >= 11 is 0. The number of hydrogen-bond donors (Lipinski definition) is 3. The second-order valence-corrected chi connectivity index (χ2v) is 23.9. The fourth-order valence-electron chi connectivity index (χ4n) is 11.1. The summed E-state index contributed by atoms with van der Waals surface area (Å²) in [4.78, 5) is 26.5. The molecule has 8 heteroatoms. The zero-order valence-corrected chi connectivity index (χ0v) is 49.3. The Balaban J connectivity index is 0.000000291. The van der Waals surface area contributed by atoms with Crippen molar-refractivity contribution in [2.75, 3.05) is 26.3 Å². The Morgan fingerprint density at radius 3 is 1.18 bits per heavy atom. The maximum atomic E-state index is 12.6. The van der Waals surface area contributed by atoms with Crippen LogP contribution in [0.1, 0.15) is 210 Å². The predicted molar refractivity (Wildman–Crippen MR) is 315 cm³/mol. The van der Waals surface area contributed by atoms with Crippen LogP contribution in [-0.4, -0.2) is 65.4 Å². The summed E-state index contributed by atoms with van der Waals surface area (Å²) in [5.74, 6) is 1.44. The topological polar surface area (TPSA) is 122 Å². The van der Waals surface area contributed by atoms with Gasteiger partial charge in [0.1, 0.15) is 11.5 Å². The molecule has 5 aromatic rings. The first-order chi connectivity index (χ1) is 36.0. The number of imide groups is 1. The number of fused-ring (bicyclic) bond motifs is 1. The van der Waals surface area contributed by atoms with E-state index in [2.05, 4.69) is 170 Å². The number of amides is 2. The highest BCUT2D eigenvalue weighted by Gasteiger charge is 2.36. The van der Waals surface area contributed by atoms with Gasteiger partial charge >= 0.3 is 0 Å². The second kappa shape index (κ2) is 27.3. The minimum absolute atomic E-state index is 0.0168. The lowest BCUT2D eigenvalue weighted by atomic mass is 9.69. The smallest absolute Gasteiger partial charge is 0.261 e. The van der Waals surface area contributed by atoms with Crippen molar-refractivity contribution >= 4 is 11.8 Å². The van der Waals surface area contributed by atoms with Gasteiger partial charge in [0.15, 0.2) is 0 Å². The highest BCUT2D eigenvalue weighted by molar-refractivity contribution is 6.21. The molecule has 0 radical (unpaired) electrons. The minimum atomic E-state index is -0.322. The molecule has 0 aliphatic carbocycles. The number of unbranched alkanes of at least 4 members (excludes halogenated alkanes) is 2. The molecule has 5 aromatic carbocycles. The third-order valence-electron chi connectivity index (χ3n) is 16.8. The number of hydrogen-bond acceptors (Lipinski definition) is 7. The lowest BCUT2D eigenvalue weighted by molar-refractivity contribution is 0.0559. The number of ether oxygens (including phenoxy) is 2. The number of carbonyl (C=O) groups is 2. The van der Waals surface area contributed by atoms with Crippen molar-refractivity contribution in [3.05, 3.63) is 164 Å². The van der Waals surface area contributed by atoms with Crippen LogP contribution >= 0.6 is 0 Å². The Hall–Kier alpha value is -5.28. The van der Waals surface area contributed by atoms with E-state index in [1.54, 1.807) is 24.3 Å². The number of aliphatic hydroxyl groups is 2. The Labute approximate surface area is 459 Å². The summed E-state index contributed by atoms with van der Waals surface area (Å²) in [6.45, 7) is 32.7. The maximum absolute atomic E-state index is 12.6. The van der Waals surface area contributed by atoms with E-state index in [0.717, 1.165) is 87.7 Å². The van der Waals surface area contributed by atoms with Gasteiger partial charge < -0.3 is 25.4 Å². The first kappa shape index (κ1) is 61.6. The van der Waals surface area contributed by atoms with Gasteiger partial charge in [0, 0.05) is 17.4 Å². The van der Waals surface area contributed by atoms with Crippen molar-refractivity contribution in [3.8, 4) is 11.5 Å². The molecule has 414 valence electrons. The van der Waals surface area contributed by atoms with Gasteiger partial charge in [-0.25, -0.2) is 0 Å². The zero-order valence-electron chi connectivity index (χ0n) is 49.3. The highest BCUT2D eigenvalue weighted by atomic mass is 16.5. The number of benzene rings is 5. The van der Waals surface area contributed by atoms with Gasteiger partial charge in [-0.15, -0.1) is 0 Å². The largest absolute Gasteiger partial charge is 0.493 e. The SMILES string of the molecule is CCC(CC)(c1ccc(CCC(O)C(C)(C)C)c(C)c1)c1ccc(OCCCCN)c(C)c1.CCC(CC)(c1ccc(CCC(O)C(C)(C)C)c(C)c1)c1ccc(OCCCCN2C(=O)c3ccccc3C2=O)c(C)c1. The first-order valence-electron chi connectivity index (χ1n) is 28.7.